The molecule has 0 spiro atoms. The molecule has 0 fully saturated rings. The van der Waals surface area contributed by atoms with Gasteiger partial charge in [-0.1, -0.05) is 42.5 Å². The van der Waals surface area contributed by atoms with Crippen molar-refractivity contribution in [2.24, 2.45) is 5.10 Å². The number of benzene rings is 2. The van der Waals surface area contributed by atoms with Gasteiger partial charge in [-0.05, 0) is 12.1 Å². The second kappa shape index (κ2) is 7.38. The number of carbonyl (C=O) groups excluding carboxylic acids is 1. The Morgan fingerprint density at radius 3 is 2.67 bits per heavy atom. The van der Waals surface area contributed by atoms with Crippen LogP contribution in [-0.2, 0) is 0 Å². The molecule has 0 unspecified atom stereocenters. The van der Waals surface area contributed by atoms with Gasteiger partial charge in [-0.15, -0.1) is 11.3 Å². The molecular formula is C17H14N4O2S. The second-order valence-corrected chi connectivity index (χ2v) is 5.64. The van der Waals surface area contributed by atoms with Crippen LogP contribution >= 0.6 is 11.3 Å². The van der Waals surface area contributed by atoms with E-state index in [1.165, 1.54) is 17.6 Å². The SMILES string of the molecule is O=C(NN=Cc1ccccc1O)Nc1nc(-c2ccccc2)cs1. The highest BCUT2D eigenvalue weighted by molar-refractivity contribution is 7.14. The lowest BCUT2D eigenvalue weighted by atomic mass is 10.2. The number of hydrazone groups is 1. The first-order chi connectivity index (χ1) is 11.7. The number of hydrogen-bond acceptors (Lipinski definition) is 5. The lowest BCUT2D eigenvalue weighted by molar-refractivity contribution is 0.252. The molecule has 7 heteroatoms. The minimum absolute atomic E-state index is 0.0934. The van der Waals surface area contributed by atoms with Crippen molar-refractivity contribution in [3.8, 4) is 17.0 Å². The summed E-state index contributed by atoms with van der Waals surface area (Å²) in [5.41, 5.74) is 4.63. The van der Waals surface area contributed by atoms with E-state index in [0.717, 1.165) is 11.3 Å². The van der Waals surface area contributed by atoms with E-state index in [1.54, 1.807) is 24.3 Å². The highest BCUT2D eigenvalue weighted by Gasteiger charge is 2.07. The summed E-state index contributed by atoms with van der Waals surface area (Å²) >= 11 is 1.33. The van der Waals surface area contributed by atoms with Gasteiger partial charge in [0, 0.05) is 16.5 Å². The Kier molecular flexibility index (Phi) is 4.83. The Bertz CT molecular complexity index is 862. The Morgan fingerprint density at radius 2 is 1.88 bits per heavy atom. The van der Waals surface area contributed by atoms with Crippen LogP contribution in [0.3, 0.4) is 0 Å². The maximum absolute atomic E-state index is 11.8. The van der Waals surface area contributed by atoms with E-state index in [9.17, 15) is 9.90 Å². The number of thiazole rings is 1. The summed E-state index contributed by atoms with van der Waals surface area (Å²) in [5.74, 6) is 0.0934. The molecule has 0 bridgehead atoms. The molecule has 0 aliphatic heterocycles. The Labute approximate surface area is 142 Å². The highest BCUT2D eigenvalue weighted by atomic mass is 32.1. The van der Waals surface area contributed by atoms with Crippen LogP contribution in [0.25, 0.3) is 11.3 Å². The van der Waals surface area contributed by atoms with Gasteiger partial charge in [0.05, 0.1) is 11.9 Å². The molecule has 24 heavy (non-hydrogen) atoms. The first-order valence-electron chi connectivity index (χ1n) is 7.11. The number of phenols is 1. The largest absolute Gasteiger partial charge is 0.507 e. The average Bonchev–Trinajstić information content (AvgIpc) is 3.06. The molecule has 0 aliphatic carbocycles. The van der Waals surface area contributed by atoms with Gasteiger partial charge in [0.2, 0.25) is 0 Å². The van der Waals surface area contributed by atoms with E-state index in [2.05, 4.69) is 20.8 Å². The van der Waals surface area contributed by atoms with Crippen LogP contribution in [0.2, 0.25) is 0 Å². The number of nitrogens with zero attached hydrogens (tertiary/aromatic N) is 2. The average molecular weight is 338 g/mol. The van der Waals surface area contributed by atoms with E-state index < -0.39 is 6.03 Å². The minimum Gasteiger partial charge on any atom is -0.507 e. The van der Waals surface area contributed by atoms with E-state index in [-0.39, 0.29) is 5.75 Å². The zero-order valence-electron chi connectivity index (χ0n) is 12.5. The quantitative estimate of drug-likeness (QED) is 0.501. The molecule has 3 N–H and O–H groups in total. The number of phenolic OH excluding ortho intramolecular Hbond substituents is 1. The maximum Gasteiger partial charge on any atom is 0.341 e. The number of rotatable bonds is 4. The predicted octanol–water partition coefficient (Wildman–Crippen LogP) is 3.67. The van der Waals surface area contributed by atoms with Crippen LogP contribution < -0.4 is 10.7 Å². The number of urea groups is 1. The molecule has 120 valence electrons. The molecule has 1 aromatic heterocycles. The van der Waals surface area contributed by atoms with Crippen LogP contribution in [0.5, 0.6) is 5.75 Å². The zero-order chi connectivity index (χ0) is 16.8. The van der Waals surface area contributed by atoms with Crippen molar-refractivity contribution in [2.45, 2.75) is 0 Å². The molecule has 6 nitrogen and oxygen atoms in total. The summed E-state index contributed by atoms with van der Waals surface area (Å²) in [5, 5.41) is 18.3. The van der Waals surface area contributed by atoms with Crippen molar-refractivity contribution in [1.29, 1.82) is 0 Å². The minimum atomic E-state index is -0.504. The first kappa shape index (κ1) is 15.7. The Balaban J connectivity index is 1.58. The molecule has 0 saturated carbocycles. The van der Waals surface area contributed by atoms with Gasteiger partial charge in [0.25, 0.3) is 0 Å². The van der Waals surface area contributed by atoms with Gasteiger partial charge >= 0.3 is 6.03 Å². The van der Waals surface area contributed by atoms with Crippen LogP contribution in [0.4, 0.5) is 9.93 Å². The normalized spacial score (nSPS) is 10.7. The molecule has 2 amide bonds. The standard InChI is InChI=1S/C17H14N4O2S/c22-15-9-5-4-8-13(15)10-18-21-16(23)20-17-19-14(11-24-17)12-6-2-1-3-7-12/h1-11,22H,(H2,19,20,21,23). The van der Waals surface area contributed by atoms with Gasteiger partial charge in [-0.3, -0.25) is 5.32 Å². The molecule has 3 rings (SSSR count). The molecule has 3 aromatic rings. The third-order valence-corrected chi connectivity index (χ3v) is 3.86. The van der Waals surface area contributed by atoms with E-state index >= 15 is 0 Å². The summed E-state index contributed by atoms with van der Waals surface area (Å²) < 4.78 is 0. The highest BCUT2D eigenvalue weighted by Crippen LogP contribution is 2.24. The van der Waals surface area contributed by atoms with Gasteiger partial charge in [0.1, 0.15) is 5.75 Å². The van der Waals surface area contributed by atoms with Crippen molar-refractivity contribution < 1.29 is 9.90 Å². The zero-order valence-corrected chi connectivity index (χ0v) is 13.3. The topological polar surface area (TPSA) is 86.6 Å². The van der Waals surface area contributed by atoms with Crippen molar-refractivity contribution >= 4 is 28.7 Å². The molecule has 0 atom stereocenters. The monoisotopic (exact) mass is 338 g/mol. The Hall–Kier alpha value is -3.19. The number of anilines is 1. The fourth-order valence-corrected chi connectivity index (χ4v) is 2.67. The number of aromatic hydroxyl groups is 1. The number of aromatic nitrogens is 1. The van der Waals surface area contributed by atoms with Crippen molar-refractivity contribution in [3.05, 3.63) is 65.5 Å². The molecule has 1 heterocycles. The van der Waals surface area contributed by atoms with E-state index in [0.29, 0.717) is 10.7 Å². The van der Waals surface area contributed by atoms with E-state index in [1.807, 2.05) is 35.7 Å². The number of para-hydroxylation sites is 1. The Morgan fingerprint density at radius 1 is 1.12 bits per heavy atom. The third kappa shape index (κ3) is 3.96. The van der Waals surface area contributed by atoms with Crippen LogP contribution in [-0.4, -0.2) is 22.3 Å². The summed E-state index contributed by atoms with van der Waals surface area (Å²) in [4.78, 5) is 16.2. The number of hydrogen-bond donors (Lipinski definition) is 3. The lowest BCUT2D eigenvalue weighted by Gasteiger charge is -2.00. The predicted molar refractivity (Wildman–Crippen MR) is 95.4 cm³/mol. The van der Waals surface area contributed by atoms with Crippen LogP contribution in [0, 0.1) is 0 Å². The van der Waals surface area contributed by atoms with Gasteiger partial charge < -0.3 is 5.11 Å². The summed E-state index contributed by atoms with van der Waals surface area (Å²) in [6.07, 6.45) is 1.37. The first-order valence-corrected chi connectivity index (χ1v) is 7.99. The van der Waals surface area contributed by atoms with Gasteiger partial charge in [-0.2, -0.15) is 5.10 Å². The van der Waals surface area contributed by atoms with Crippen LogP contribution in [0.1, 0.15) is 5.56 Å². The third-order valence-electron chi connectivity index (χ3n) is 3.10. The summed E-state index contributed by atoms with van der Waals surface area (Å²) in [6.45, 7) is 0. The van der Waals surface area contributed by atoms with E-state index in [4.69, 9.17) is 0 Å². The summed E-state index contributed by atoms with van der Waals surface area (Å²) in [6, 6.07) is 15.9. The van der Waals surface area contributed by atoms with Crippen molar-refractivity contribution in [3.63, 3.8) is 0 Å². The maximum atomic E-state index is 11.8. The smallest absolute Gasteiger partial charge is 0.341 e. The fraction of sp³-hybridized carbons (Fsp3) is 0. The molecular weight excluding hydrogens is 324 g/mol. The van der Waals surface area contributed by atoms with Gasteiger partial charge in [-0.25, -0.2) is 15.2 Å². The molecule has 0 aliphatic rings. The molecule has 0 radical (unpaired) electrons. The fourth-order valence-electron chi connectivity index (χ4n) is 1.95. The van der Waals surface area contributed by atoms with Crippen LogP contribution in [0.15, 0.2) is 65.1 Å². The lowest BCUT2D eigenvalue weighted by Crippen LogP contribution is -2.24. The molecule has 0 saturated heterocycles. The second-order valence-electron chi connectivity index (χ2n) is 4.79. The van der Waals surface area contributed by atoms with Crippen molar-refractivity contribution in [2.75, 3.05) is 5.32 Å². The van der Waals surface area contributed by atoms with Gasteiger partial charge in [0.15, 0.2) is 5.13 Å². The summed E-state index contributed by atoms with van der Waals surface area (Å²) in [7, 11) is 0. The number of nitrogens with one attached hydrogen (secondary N) is 2. The number of carbonyl (C=O) groups is 1. The number of amides is 2. The molecule has 2 aromatic carbocycles. The van der Waals surface area contributed by atoms with Crippen molar-refractivity contribution in [1.82, 2.24) is 10.4 Å².